The first kappa shape index (κ1) is 18.5. The number of carbonyl (C=O) groups is 1. The van der Waals surface area contributed by atoms with E-state index < -0.39 is 11.4 Å². The molecule has 3 rings (SSSR count). The van der Waals surface area contributed by atoms with E-state index in [-0.39, 0.29) is 23.3 Å². The van der Waals surface area contributed by atoms with Crippen LogP contribution in [-0.2, 0) is 4.79 Å². The first-order valence-corrected chi connectivity index (χ1v) is 9.07. The van der Waals surface area contributed by atoms with Crippen LogP contribution in [0.2, 0.25) is 0 Å². The topological polar surface area (TPSA) is 51.2 Å². The first-order valence-electron chi connectivity index (χ1n) is 7.44. The summed E-state index contributed by atoms with van der Waals surface area (Å²) in [6, 6.07) is 10.8. The quantitative estimate of drug-likeness (QED) is 0.598. The molecule has 4 nitrogen and oxygen atoms in total. The van der Waals surface area contributed by atoms with Crippen LogP contribution in [0.5, 0.6) is 5.75 Å². The standard InChI is InChI=1S/C17H13F3N2O2S2/c1-10-21-14-8-12(4-7-15(14)25-10)24-9-16(23)22-11-2-5-13(6-3-11)26-17(18,19)20/h2-8H,9H2,1H3,(H,22,23). The van der Waals surface area contributed by atoms with Crippen LogP contribution in [0, 0.1) is 6.92 Å². The second-order valence-electron chi connectivity index (χ2n) is 5.27. The highest BCUT2D eigenvalue weighted by atomic mass is 32.2. The highest BCUT2D eigenvalue weighted by Gasteiger charge is 2.29. The number of nitrogens with one attached hydrogen (secondary N) is 1. The van der Waals surface area contributed by atoms with Crippen molar-refractivity contribution in [3.8, 4) is 5.75 Å². The summed E-state index contributed by atoms with van der Waals surface area (Å²) < 4.78 is 43.3. The average Bonchev–Trinajstić information content (AvgIpc) is 2.92. The van der Waals surface area contributed by atoms with Crippen molar-refractivity contribution < 1.29 is 22.7 Å². The Kier molecular flexibility index (Phi) is 5.38. The van der Waals surface area contributed by atoms with Gasteiger partial charge in [-0.2, -0.15) is 13.2 Å². The number of hydrogen-bond acceptors (Lipinski definition) is 5. The van der Waals surface area contributed by atoms with Crippen molar-refractivity contribution in [1.82, 2.24) is 4.98 Å². The van der Waals surface area contributed by atoms with Crippen molar-refractivity contribution in [2.45, 2.75) is 17.3 Å². The summed E-state index contributed by atoms with van der Waals surface area (Å²) in [5, 5.41) is 3.52. The molecule has 1 N–H and O–H groups in total. The minimum Gasteiger partial charge on any atom is -0.484 e. The molecule has 0 aliphatic carbocycles. The molecule has 26 heavy (non-hydrogen) atoms. The molecule has 1 aromatic heterocycles. The van der Waals surface area contributed by atoms with Crippen molar-refractivity contribution in [3.63, 3.8) is 0 Å². The van der Waals surface area contributed by atoms with Gasteiger partial charge in [-0.3, -0.25) is 4.79 Å². The number of thiazole rings is 1. The van der Waals surface area contributed by atoms with Crippen LogP contribution in [0.15, 0.2) is 47.4 Å². The zero-order valence-corrected chi connectivity index (χ0v) is 15.1. The van der Waals surface area contributed by atoms with Crippen molar-refractivity contribution in [3.05, 3.63) is 47.5 Å². The first-order chi connectivity index (χ1) is 12.3. The van der Waals surface area contributed by atoms with Gasteiger partial charge >= 0.3 is 5.51 Å². The van der Waals surface area contributed by atoms with E-state index >= 15 is 0 Å². The monoisotopic (exact) mass is 398 g/mol. The zero-order valence-electron chi connectivity index (χ0n) is 13.5. The Hall–Kier alpha value is -2.26. The van der Waals surface area contributed by atoms with E-state index in [1.807, 2.05) is 13.0 Å². The Labute approximate surface area is 155 Å². The second kappa shape index (κ2) is 7.55. The largest absolute Gasteiger partial charge is 0.484 e. The number of nitrogens with zero attached hydrogens (tertiary/aromatic N) is 1. The molecule has 2 aromatic carbocycles. The molecular formula is C17H13F3N2O2S2. The van der Waals surface area contributed by atoms with E-state index in [0.717, 1.165) is 15.2 Å². The maximum Gasteiger partial charge on any atom is 0.446 e. The zero-order chi connectivity index (χ0) is 18.7. The number of hydrogen-bond donors (Lipinski definition) is 1. The number of thioether (sulfide) groups is 1. The summed E-state index contributed by atoms with van der Waals surface area (Å²) >= 11 is 1.37. The predicted molar refractivity (Wildman–Crippen MR) is 96.8 cm³/mol. The van der Waals surface area contributed by atoms with Gasteiger partial charge in [0.1, 0.15) is 5.75 Å². The fourth-order valence-corrected chi connectivity index (χ4v) is 3.55. The van der Waals surface area contributed by atoms with E-state index in [2.05, 4.69) is 10.3 Å². The van der Waals surface area contributed by atoms with Gasteiger partial charge in [-0.15, -0.1) is 11.3 Å². The molecule has 0 bridgehead atoms. The Morgan fingerprint density at radius 1 is 1.23 bits per heavy atom. The van der Waals surface area contributed by atoms with Gasteiger partial charge in [0.05, 0.1) is 15.2 Å². The van der Waals surface area contributed by atoms with Crippen LogP contribution in [0.3, 0.4) is 0 Å². The van der Waals surface area contributed by atoms with Crippen LogP contribution in [-0.4, -0.2) is 23.0 Å². The number of aromatic nitrogens is 1. The number of rotatable bonds is 5. The van der Waals surface area contributed by atoms with Gasteiger partial charge in [0.25, 0.3) is 5.91 Å². The SMILES string of the molecule is Cc1nc2cc(OCC(=O)Nc3ccc(SC(F)(F)F)cc3)ccc2s1. The molecule has 0 saturated carbocycles. The molecule has 1 heterocycles. The van der Waals surface area contributed by atoms with Gasteiger partial charge in [-0.25, -0.2) is 4.98 Å². The van der Waals surface area contributed by atoms with Crippen molar-refractivity contribution in [1.29, 1.82) is 0 Å². The summed E-state index contributed by atoms with van der Waals surface area (Å²) in [5.41, 5.74) is -3.13. The molecule has 0 radical (unpaired) electrons. The lowest BCUT2D eigenvalue weighted by atomic mass is 10.3. The lowest BCUT2D eigenvalue weighted by Crippen LogP contribution is -2.20. The number of alkyl halides is 3. The minimum absolute atomic E-state index is 0.0543. The third-order valence-corrected chi connectivity index (χ3v) is 4.90. The summed E-state index contributed by atoms with van der Waals surface area (Å²) in [6.07, 6.45) is 0. The van der Waals surface area contributed by atoms with Gasteiger partial charge in [0, 0.05) is 16.6 Å². The number of halogens is 3. The summed E-state index contributed by atoms with van der Waals surface area (Å²) in [5.74, 6) is 0.116. The number of carbonyl (C=O) groups excluding carboxylic acids is 1. The average molecular weight is 398 g/mol. The molecule has 0 atom stereocenters. The smallest absolute Gasteiger partial charge is 0.446 e. The Morgan fingerprint density at radius 2 is 1.96 bits per heavy atom. The molecule has 3 aromatic rings. The normalized spacial score (nSPS) is 11.5. The molecule has 0 aliphatic rings. The lowest BCUT2D eigenvalue weighted by Gasteiger charge is -2.09. The fraction of sp³-hybridized carbons (Fsp3) is 0.176. The van der Waals surface area contributed by atoms with E-state index in [1.54, 1.807) is 23.5 Å². The van der Waals surface area contributed by atoms with Crippen LogP contribution >= 0.6 is 23.1 Å². The number of benzene rings is 2. The highest BCUT2D eigenvalue weighted by Crippen LogP contribution is 2.37. The second-order valence-corrected chi connectivity index (χ2v) is 7.64. The molecule has 136 valence electrons. The fourth-order valence-electron chi connectivity index (χ4n) is 2.20. The van der Waals surface area contributed by atoms with E-state index in [4.69, 9.17) is 4.74 Å². The molecule has 0 aliphatic heterocycles. The van der Waals surface area contributed by atoms with E-state index in [9.17, 15) is 18.0 Å². The Morgan fingerprint density at radius 3 is 2.65 bits per heavy atom. The molecule has 0 fully saturated rings. The van der Waals surface area contributed by atoms with Crippen molar-refractivity contribution >= 4 is 44.9 Å². The van der Waals surface area contributed by atoms with Crippen LogP contribution in [0.1, 0.15) is 5.01 Å². The number of aryl methyl sites for hydroxylation is 1. The van der Waals surface area contributed by atoms with Crippen LogP contribution in [0.4, 0.5) is 18.9 Å². The summed E-state index contributed by atoms with van der Waals surface area (Å²) in [6.45, 7) is 1.70. The number of ether oxygens (including phenoxy) is 1. The van der Waals surface area contributed by atoms with Gasteiger partial charge in [0.15, 0.2) is 6.61 Å². The predicted octanol–water partition coefficient (Wildman–Crippen LogP) is 5.23. The minimum atomic E-state index is -4.34. The Bertz CT molecular complexity index is 924. The maximum atomic E-state index is 12.3. The van der Waals surface area contributed by atoms with Gasteiger partial charge in [-0.05, 0) is 55.1 Å². The van der Waals surface area contributed by atoms with E-state index in [1.165, 1.54) is 24.3 Å². The molecule has 9 heteroatoms. The third kappa shape index (κ3) is 5.12. The van der Waals surface area contributed by atoms with Gasteiger partial charge < -0.3 is 10.1 Å². The van der Waals surface area contributed by atoms with Crippen LogP contribution < -0.4 is 10.1 Å². The summed E-state index contributed by atoms with van der Waals surface area (Å²) in [4.78, 5) is 16.3. The van der Waals surface area contributed by atoms with E-state index in [0.29, 0.717) is 11.4 Å². The van der Waals surface area contributed by atoms with Crippen LogP contribution in [0.25, 0.3) is 10.2 Å². The number of anilines is 1. The van der Waals surface area contributed by atoms with Gasteiger partial charge in [-0.1, -0.05) is 0 Å². The molecule has 0 spiro atoms. The number of amides is 1. The van der Waals surface area contributed by atoms with Crippen molar-refractivity contribution in [2.75, 3.05) is 11.9 Å². The van der Waals surface area contributed by atoms with Crippen molar-refractivity contribution in [2.24, 2.45) is 0 Å². The Balaban J connectivity index is 1.54. The highest BCUT2D eigenvalue weighted by molar-refractivity contribution is 8.00. The van der Waals surface area contributed by atoms with Gasteiger partial charge in [0.2, 0.25) is 0 Å². The molecule has 0 unspecified atom stereocenters. The lowest BCUT2D eigenvalue weighted by molar-refractivity contribution is -0.118. The maximum absolute atomic E-state index is 12.3. The molecular weight excluding hydrogens is 385 g/mol. The molecule has 0 saturated heterocycles. The molecule has 1 amide bonds. The summed E-state index contributed by atoms with van der Waals surface area (Å²) in [7, 11) is 0. The number of fused-ring (bicyclic) bond motifs is 1. The third-order valence-electron chi connectivity index (χ3n) is 3.21.